The molecule has 0 aliphatic heterocycles. The van der Waals surface area contributed by atoms with Crippen LogP contribution in [0.2, 0.25) is 0 Å². The van der Waals surface area contributed by atoms with Crippen LogP contribution in [0.5, 0.6) is 0 Å². The predicted octanol–water partition coefficient (Wildman–Crippen LogP) is 4.17. The van der Waals surface area contributed by atoms with Crippen LogP contribution in [0.15, 0.2) is 46.5 Å². The molecule has 0 radical (unpaired) electrons. The minimum Gasteiger partial charge on any atom is -0.368 e. The molecule has 2 aromatic carbocycles. The van der Waals surface area contributed by atoms with E-state index in [-0.39, 0.29) is 11.8 Å². The smallest absolute Gasteiger partial charge is 0.244 e. The molecular formula is C18H17FIN3O2S. The van der Waals surface area contributed by atoms with Gasteiger partial charge in [-0.15, -0.1) is 0 Å². The second-order valence-electron chi connectivity index (χ2n) is 6.06. The summed E-state index contributed by atoms with van der Waals surface area (Å²) in [6, 6.07) is 11.5. The van der Waals surface area contributed by atoms with Crippen molar-refractivity contribution in [2.75, 3.05) is 5.73 Å². The number of benzene rings is 2. The topological polar surface area (TPSA) is 78.0 Å². The number of hydrogen-bond donors (Lipinski definition) is 1. The van der Waals surface area contributed by atoms with Crippen molar-refractivity contribution < 1.29 is 12.8 Å². The maximum atomic E-state index is 13.6. The highest BCUT2D eigenvalue weighted by molar-refractivity contribution is 14.1. The molecule has 0 fully saturated rings. The highest BCUT2D eigenvalue weighted by atomic mass is 127. The summed E-state index contributed by atoms with van der Waals surface area (Å²) < 4.78 is 41.9. The van der Waals surface area contributed by atoms with E-state index >= 15 is 0 Å². The molecule has 26 heavy (non-hydrogen) atoms. The van der Waals surface area contributed by atoms with E-state index in [0.29, 0.717) is 16.6 Å². The maximum Gasteiger partial charge on any atom is 0.244 e. The molecule has 0 amide bonds. The molecule has 0 aliphatic carbocycles. The summed E-state index contributed by atoms with van der Waals surface area (Å²) in [7, 11) is -3.66. The zero-order valence-electron chi connectivity index (χ0n) is 14.1. The third kappa shape index (κ3) is 3.23. The number of nitrogen functional groups attached to an aromatic ring is 1. The van der Waals surface area contributed by atoms with Crippen LogP contribution in [0.3, 0.4) is 0 Å². The van der Waals surface area contributed by atoms with E-state index in [2.05, 4.69) is 27.6 Å². The maximum absolute atomic E-state index is 13.6. The molecule has 0 aliphatic rings. The number of imidazole rings is 1. The number of anilines is 1. The van der Waals surface area contributed by atoms with Gasteiger partial charge in [0.15, 0.2) is 0 Å². The first-order chi connectivity index (χ1) is 12.3. The third-order valence-electron chi connectivity index (χ3n) is 4.04. The average Bonchev–Trinajstić information content (AvgIpc) is 2.91. The Morgan fingerprint density at radius 3 is 2.54 bits per heavy atom. The van der Waals surface area contributed by atoms with Crippen molar-refractivity contribution in [3.8, 4) is 0 Å². The van der Waals surface area contributed by atoms with Crippen LogP contribution < -0.4 is 5.73 Å². The van der Waals surface area contributed by atoms with E-state index in [9.17, 15) is 12.8 Å². The highest BCUT2D eigenvalue weighted by Crippen LogP contribution is 2.30. The van der Waals surface area contributed by atoms with Crippen LogP contribution in [0.4, 0.5) is 10.3 Å². The van der Waals surface area contributed by atoms with Gasteiger partial charge in [-0.05, 0) is 58.9 Å². The first-order valence-electron chi connectivity index (χ1n) is 7.84. The van der Waals surface area contributed by atoms with Gasteiger partial charge in [0.1, 0.15) is 5.82 Å². The Morgan fingerprint density at radius 1 is 1.23 bits per heavy atom. The summed E-state index contributed by atoms with van der Waals surface area (Å²) >= 11 is 2.08. The van der Waals surface area contributed by atoms with E-state index in [4.69, 9.17) is 5.73 Å². The molecule has 0 unspecified atom stereocenters. The molecule has 1 heterocycles. The number of hydrogen-bond acceptors (Lipinski definition) is 4. The van der Waals surface area contributed by atoms with Crippen LogP contribution in [-0.2, 0) is 10.0 Å². The van der Waals surface area contributed by atoms with Crippen LogP contribution >= 0.6 is 22.6 Å². The summed E-state index contributed by atoms with van der Waals surface area (Å²) in [5.74, 6) is -0.410. The van der Waals surface area contributed by atoms with Gasteiger partial charge >= 0.3 is 0 Å². The summed E-state index contributed by atoms with van der Waals surface area (Å²) in [4.78, 5) is 4.16. The molecule has 136 valence electrons. The zero-order valence-corrected chi connectivity index (χ0v) is 17.1. The van der Waals surface area contributed by atoms with E-state index in [0.717, 1.165) is 15.1 Å². The lowest BCUT2D eigenvalue weighted by molar-refractivity contribution is 0.580. The van der Waals surface area contributed by atoms with Gasteiger partial charge in [-0.1, -0.05) is 40.8 Å². The van der Waals surface area contributed by atoms with Gasteiger partial charge < -0.3 is 5.73 Å². The van der Waals surface area contributed by atoms with Crippen molar-refractivity contribution >= 4 is 55.2 Å². The first-order valence-corrected chi connectivity index (χ1v) is 10.6. The summed E-state index contributed by atoms with van der Waals surface area (Å²) in [6.45, 7) is 3.18. The zero-order chi connectivity index (χ0) is 19.1. The molecule has 2 N–H and O–H groups in total. The molecular weight excluding hydrogens is 468 g/mol. The van der Waals surface area contributed by atoms with Crippen molar-refractivity contribution in [2.24, 2.45) is 0 Å². The molecule has 0 bridgehead atoms. The number of nitrogens with zero attached hydrogens (tertiary/aromatic N) is 2. The summed E-state index contributed by atoms with van der Waals surface area (Å²) in [5.41, 5.74) is 8.99. The number of rotatable bonds is 4. The minimum atomic E-state index is -3.66. The second-order valence-corrected chi connectivity index (χ2v) is 9.03. The number of halogens is 2. The molecule has 0 saturated heterocycles. The van der Waals surface area contributed by atoms with Gasteiger partial charge in [-0.2, -0.15) is 0 Å². The molecule has 1 aromatic heterocycles. The fourth-order valence-electron chi connectivity index (χ4n) is 2.67. The lowest BCUT2D eigenvalue weighted by Crippen LogP contribution is -2.23. The lowest BCUT2D eigenvalue weighted by atomic mass is 9.99. The second kappa shape index (κ2) is 6.99. The predicted molar refractivity (Wildman–Crippen MR) is 111 cm³/mol. The number of aromatic nitrogens is 2. The van der Waals surface area contributed by atoms with Gasteiger partial charge in [0.05, 0.1) is 16.3 Å². The average molecular weight is 485 g/mol. The quantitative estimate of drug-likeness (QED) is 0.563. The Labute approximate surface area is 164 Å². The summed E-state index contributed by atoms with van der Waals surface area (Å²) in [6.07, 6.45) is 0. The van der Waals surface area contributed by atoms with Crippen molar-refractivity contribution in [3.05, 3.63) is 63.5 Å². The molecule has 3 rings (SSSR count). The lowest BCUT2D eigenvalue weighted by Gasteiger charge is -2.12. The van der Waals surface area contributed by atoms with Crippen LogP contribution in [-0.4, -0.2) is 22.6 Å². The number of fused-ring (bicyclic) bond motifs is 1. The standard InChI is InChI=1S/C18H17FIN3O2S/c1-11(2)26(24,25)23-17-9-13(6-7-16(17)22-18(23)21)15(10-20)12-4-3-5-14(19)8-12/h3-11H,1-2H3,(H2,21,22)/b15-10-. The molecule has 5 nitrogen and oxygen atoms in total. The molecule has 8 heteroatoms. The fraction of sp³-hybridized carbons (Fsp3) is 0.167. The molecule has 0 saturated carbocycles. The van der Waals surface area contributed by atoms with Crippen LogP contribution in [0.25, 0.3) is 16.6 Å². The Bertz CT molecular complexity index is 1120. The van der Waals surface area contributed by atoms with E-state index in [1.165, 1.54) is 12.1 Å². The molecule has 0 spiro atoms. The van der Waals surface area contributed by atoms with Gasteiger partial charge in [-0.3, -0.25) is 0 Å². The Hall–Kier alpha value is -1.94. The van der Waals surface area contributed by atoms with E-state index < -0.39 is 15.3 Å². The largest absolute Gasteiger partial charge is 0.368 e. The van der Waals surface area contributed by atoms with Crippen molar-refractivity contribution in [3.63, 3.8) is 0 Å². The van der Waals surface area contributed by atoms with Crippen molar-refractivity contribution in [2.45, 2.75) is 19.1 Å². The normalized spacial score (nSPS) is 12.9. The molecule has 0 atom stereocenters. The molecule has 3 aromatic rings. The fourth-order valence-corrected chi connectivity index (χ4v) is 4.53. The van der Waals surface area contributed by atoms with Crippen LogP contribution in [0.1, 0.15) is 25.0 Å². The van der Waals surface area contributed by atoms with Crippen molar-refractivity contribution in [1.82, 2.24) is 8.96 Å². The number of nitrogens with two attached hydrogens (primary N) is 1. The Morgan fingerprint density at radius 2 is 1.92 bits per heavy atom. The van der Waals surface area contributed by atoms with E-state index in [1.807, 2.05) is 10.1 Å². The van der Waals surface area contributed by atoms with Gasteiger partial charge in [0.2, 0.25) is 16.0 Å². The van der Waals surface area contributed by atoms with Gasteiger partial charge in [0.25, 0.3) is 0 Å². The SMILES string of the molecule is CC(C)S(=O)(=O)n1c(N)nc2ccc(/C(=C\I)c3cccc(F)c3)cc21. The third-order valence-corrected chi connectivity index (χ3v) is 6.75. The van der Waals surface area contributed by atoms with Crippen LogP contribution in [0, 0.1) is 5.82 Å². The van der Waals surface area contributed by atoms with E-state index in [1.54, 1.807) is 38.1 Å². The Kier molecular flexibility index (Phi) is 5.07. The monoisotopic (exact) mass is 485 g/mol. The van der Waals surface area contributed by atoms with Gasteiger partial charge in [-0.25, -0.2) is 21.8 Å². The first kappa shape index (κ1) is 18.8. The Balaban J connectivity index is 2.24. The summed E-state index contributed by atoms with van der Waals surface area (Å²) in [5, 5.41) is -0.645. The van der Waals surface area contributed by atoms with Gasteiger partial charge in [0, 0.05) is 0 Å². The van der Waals surface area contributed by atoms with Crippen molar-refractivity contribution in [1.29, 1.82) is 0 Å². The minimum absolute atomic E-state index is 0.0726. The highest BCUT2D eigenvalue weighted by Gasteiger charge is 2.24.